The second-order valence-corrected chi connectivity index (χ2v) is 5.79. The van der Waals surface area contributed by atoms with E-state index in [4.69, 9.17) is 4.74 Å². The lowest BCUT2D eigenvalue weighted by atomic mass is 10.1. The monoisotopic (exact) mass is 325 g/mol. The van der Waals surface area contributed by atoms with E-state index in [1.165, 1.54) is 0 Å². The molecule has 0 aromatic heterocycles. The molecule has 0 radical (unpaired) electrons. The first-order chi connectivity index (χ1) is 11.5. The van der Waals surface area contributed by atoms with E-state index in [9.17, 15) is 9.59 Å². The van der Waals surface area contributed by atoms with Gasteiger partial charge in [-0.25, -0.2) is 4.79 Å². The summed E-state index contributed by atoms with van der Waals surface area (Å²) in [6, 6.07) is 15.4. The van der Waals surface area contributed by atoms with E-state index in [2.05, 4.69) is 0 Å². The van der Waals surface area contributed by atoms with Crippen LogP contribution >= 0.6 is 0 Å². The molecule has 4 nitrogen and oxygen atoms in total. The van der Waals surface area contributed by atoms with Crippen molar-refractivity contribution in [2.24, 2.45) is 0 Å². The largest absolute Gasteiger partial charge is 0.452 e. The number of esters is 1. The first-order valence-corrected chi connectivity index (χ1v) is 8.07. The molecule has 2 aromatic carbocycles. The zero-order valence-corrected chi connectivity index (χ0v) is 14.4. The quantitative estimate of drug-likeness (QED) is 0.764. The Morgan fingerprint density at radius 2 is 1.75 bits per heavy atom. The summed E-state index contributed by atoms with van der Waals surface area (Å²) in [5.41, 5.74) is 3.38. The van der Waals surface area contributed by atoms with Crippen LogP contribution in [0.1, 0.15) is 34.0 Å². The lowest BCUT2D eigenvalue weighted by molar-refractivity contribution is -0.134. The van der Waals surface area contributed by atoms with Crippen molar-refractivity contribution in [3.63, 3.8) is 0 Å². The number of hydrogen-bond acceptors (Lipinski definition) is 3. The van der Waals surface area contributed by atoms with Crippen LogP contribution in [0.4, 0.5) is 0 Å². The molecule has 1 amide bonds. The van der Waals surface area contributed by atoms with Crippen LogP contribution in [0.3, 0.4) is 0 Å². The smallest absolute Gasteiger partial charge is 0.338 e. The molecule has 0 unspecified atom stereocenters. The highest BCUT2D eigenvalue weighted by molar-refractivity contribution is 5.92. The van der Waals surface area contributed by atoms with Gasteiger partial charge in [0, 0.05) is 13.1 Å². The molecule has 2 aromatic rings. The third kappa shape index (κ3) is 4.69. The SMILES string of the molecule is CCN(Cc1ccccc1)C(=O)COC(=O)c1cc(C)ccc1C. The van der Waals surface area contributed by atoms with Gasteiger partial charge in [0.2, 0.25) is 0 Å². The average Bonchev–Trinajstić information content (AvgIpc) is 2.60. The minimum atomic E-state index is -0.458. The van der Waals surface area contributed by atoms with E-state index in [0.717, 1.165) is 16.7 Å². The minimum absolute atomic E-state index is 0.194. The molecule has 0 N–H and O–H groups in total. The topological polar surface area (TPSA) is 46.6 Å². The Morgan fingerprint density at radius 3 is 2.42 bits per heavy atom. The van der Waals surface area contributed by atoms with E-state index in [1.54, 1.807) is 11.0 Å². The molecular weight excluding hydrogens is 302 g/mol. The zero-order chi connectivity index (χ0) is 17.5. The molecule has 0 heterocycles. The second-order valence-electron chi connectivity index (χ2n) is 5.79. The van der Waals surface area contributed by atoms with E-state index in [-0.39, 0.29) is 12.5 Å². The van der Waals surface area contributed by atoms with Crippen molar-refractivity contribution in [2.75, 3.05) is 13.2 Å². The van der Waals surface area contributed by atoms with Crippen molar-refractivity contribution >= 4 is 11.9 Å². The summed E-state index contributed by atoms with van der Waals surface area (Å²) in [6.07, 6.45) is 0. The Hall–Kier alpha value is -2.62. The van der Waals surface area contributed by atoms with Gasteiger partial charge in [-0.1, -0.05) is 48.0 Å². The molecule has 0 spiro atoms. The van der Waals surface area contributed by atoms with E-state index in [0.29, 0.717) is 18.7 Å². The summed E-state index contributed by atoms with van der Waals surface area (Å²) in [5.74, 6) is -0.652. The highest BCUT2D eigenvalue weighted by Gasteiger charge is 2.16. The molecule has 0 aliphatic rings. The lowest BCUT2D eigenvalue weighted by Gasteiger charge is -2.21. The number of nitrogens with zero attached hydrogens (tertiary/aromatic N) is 1. The minimum Gasteiger partial charge on any atom is -0.452 e. The molecule has 0 saturated heterocycles. The van der Waals surface area contributed by atoms with Crippen molar-refractivity contribution in [1.82, 2.24) is 4.90 Å². The van der Waals surface area contributed by atoms with Crippen LogP contribution in [0.2, 0.25) is 0 Å². The van der Waals surface area contributed by atoms with Crippen LogP contribution in [0.25, 0.3) is 0 Å². The maximum Gasteiger partial charge on any atom is 0.338 e. The van der Waals surface area contributed by atoms with Gasteiger partial charge in [-0.05, 0) is 38.0 Å². The van der Waals surface area contributed by atoms with E-state index in [1.807, 2.05) is 63.2 Å². The highest BCUT2D eigenvalue weighted by Crippen LogP contribution is 2.12. The Kier molecular flexibility index (Phi) is 6.13. The van der Waals surface area contributed by atoms with Crippen LogP contribution in [0.15, 0.2) is 48.5 Å². The van der Waals surface area contributed by atoms with Crippen LogP contribution < -0.4 is 0 Å². The van der Waals surface area contributed by atoms with Gasteiger partial charge in [0.15, 0.2) is 6.61 Å². The van der Waals surface area contributed by atoms with Gasteiger partial charge in [-0.2, -0.15) is 0 Å². The third-order valence-electron chi connectivity index (χ3n) is 3.89. The number of carbonyl (C=O) groups is 2. The molecule has 0 fully saturated rings. The summed E-state index contributed by atoms with van der Waals surface area (Å²) in [4.78, 5) is 26.2. The van der Waals surface area contributed by atoms with Gasteiger partial charge in [-0.15, -0.1) is 0 Å². The maximum absolute atomic E-state index is 12.3. The number of hydrogen-bond donors (Lipinski definition) is 0. The molecule has 24 heavy (non-hydrogen) atoms. The summed E-state index contributed by atoms with van der Waals surface area (Å²) in [7, 11) is 0. The van der Waals surface area contributed by atoms with Crippen molar-refractivity contribution in [1.29, 1.82) is 0 Å². The fraction of sp³-hybridized carbons (Fsp3) is 0.300. The number of carbonyl (C=O) groups excluding carboxylic acids is 2. The molecule has 2 rings (SSSR count). The Labute approximate surface area is 143 Å². The fourth-order valence-corrected chi connectivity index (χ4v) is 2.43. The second kappa shape index (κ2) is 8.29. The molecule has 0 bridgehead atoms. The first-order valence-electron chi connectivity index (χ1n) is 8.07. The average molecular weight is 325 g/mol. The van der Waals surface area contributed by atoms with Crippen LogP contribution in [0.5, 0.6) is 0 Å². The Bertz CT molecular complexity index is 710. The predicted octanol–water partition coefficient (Wildman–Crippen LogP) is 3.51. The zero-order valence-electron chi connectivity index (χ0n) is 14.4. The van der Waals surface area contributed by atoms with Crippen molar-refractivity contribution in [2.45, 2.75) is 27.3 Å². The molecule has 126 valence electrons. The highest BCUT2D eigenvalue weighted by atomic mass is 16.5. The summed E-state index contributed by atoms with van der Waals surface area (Å²) < 4.78 is 5.22. The molecule has 0 aliphatic carbocycles. The van der Waals surface area contributed by atoms with Crippen LogP contribution in [-0.2, 0) is 16.1 Å². The van der Waals surface area contributed by atoms with Gasteiger partial charge in [0.25, 0.3) is 5.91 Å². The number of likely N-dealkylation sites (N-methyl/N-ethyl adjacent to an activating group) is 1. The summed E-state index contributed by atoms with van der Waals surface area (Å²) in [6.45, 7) is 6.51. The number of benzene rings is 2. The Morgan fingerprint density at radius 1 is 1.04 bits per heavy atom. The van der Waals surface area contributed by atoms with Gasteiger partial charge < -0.3 is 9.64 Å². The standard InChI is InChI=1S/C20H23NO3/c1-4-21(13-17-8-6-5-7-9-17)19(22)14-24-20(23)18-12-15(2)10-11-16(18)3/h5-12H,4,13-14H2,1-3H3. The maximum atomic E-state index is 12.3. The number of ether oxygens (including phenoxy) is 1. The predicted molar refractivity (Wildman–Crippen MR) is 93.7 cm³/mol. The van der Waals surface area contributed by atoms with Crippen LogP contribution in [0, 0.1) is 13.8 Å². The summed E-state index contributed by atoms with van der Waals surface area (Å²) >= 11 is 0. The normalized spacial score (nSPS) is 10.3. The van der Waals surface area contributed by atoms with Gasteiger partial charge in [-0.3, -0.25) is 4.79 Å². The van der Waals surface area contributed by atoms with Gasteiger partial charge in [0.1, 0.15) is 0 Å². The number of aryl methyl sites for hydroxylation is 2. The molecule has 4 heteroatoms. The van der Waals surface area contributed by atoms with Crippen molar-refractivity contribution in [3.8, 4) is 0 Å². The van der Waals surface area contributed by atoms with Gasteiger partial charge in [0.05, 0.1) is 5.56 Å². The Balaban J connectivity index is 1.95. The fourth-order valence-electron chi connectivity index (χ4n) is 2.43. The summed E-state index contributed by atoms with van der Waals surface area (Å²) in [5, 5.41) is 0. The van der Waals surface area contributed by atoms with Crippen molar-refractivity contribution < 1.29 is 14.3 Å². The molecule has 0 saturated carbocycles. The number of amides is 1. The molecule has 0 atom stereocenters. The third-order valence-corrected chi connectivity index (χ3v) is 3.89. The molecular formula is C20H23NO3. The van der Waals surface area contributed by atoms with E-state index >= 15 is 0 Å². The first kappa shape index (κ1) is 17.7. The van der Waals surface area contributed by atoms with Gasteiger partial charge >= 0.3 is 5.97 Å². The molecule has 0 aliphatic heterocycles. The van der Waals surface area contributed by atoms with Crippen LogP contribution in [-0.4, -0.2) is 29.9 Å². The van der Waals surface area contributed by atoms with Crippen molar-refractivity contribution in [3.05, 3.63) is 70.8 Å². The lowest BCUT2D eigenvalue weighted by Crippen LogP contribution is -2.34. The van der Waals surface area contributed by atoms with E-state index < -0.39 is 5.97 Å². The number of rotatable bonds is 6.